The van der Waals surface area contributed by atoms with Crippen molar-refractivity contribution < 1.29 is 14.6 Å². The molecule has 1 aromatic rings. The molecular weight excluding hydrogens is 330 g/mol. The van der Waals surface area contributed by atoms with Gasteiger partial charge in [0, 0.05) is 23.4 Å². The minimum atomic E-state index is -0.120. The Labute approximate surface area is 126 Å². The van der Waals surface area contributed by atoms with Crippen LogP contribution in [-0.4, -0.2) is 42.3 Å². The van der Waals surface area contributed by atoms with E-state index in [1.54, 1.807) is 11.8 Å². The molecule has 6 heteroatoms. The first kappa shape index (κ1) is 16.3. The van der Waals surface area contributed by atoms with E-state index in [0.717, 1.165) is 22.4 Å². The van der Waals surface area contributed by atoms with Gasteiger partial charge >= 0.3 is 0 Å². The summed E-state index contributed by atoms with van der Waals surface area (Å²) in [5, 5.41) is 11.4. The molecule has 106 valence electrons. The van der Waals surface area contributed by atoms with E-state index in [-0.39, 0.29) is 19.1 Å². The number of carbonyl (C=O) groups is 1. The lowest BCUT2D eigenvalue weighted by atomic mass is 10.3. The highest BCUT2D eigenvalue weighted by atomic mass is 79.9. The summed E-state index contributed by atoms with van der Waals surface area (Å²) in [4.78, 5) is 11.5. The number of thioether (sulfide) groups is 1. The van der Waals surface area contributed by atoms with E-state index in [1.165, 1.54) is 0 Å². The van der Waals surface area contributed by atoms with Crippen LogP contribution in [-0.2, 0) is 4.79 Å². The third-order valence-corrected chi connectivity index (χ3v) is 3.80. The molecule has 1 rings (SSSR count). The van der Waals surface area contributed by atoms with Crippen LogP contribution in [0.4, 0.5) is 0 Å². The lowest BCUT2D eigenvalue weighted by molar-refractivity contribution is -0.122. The number of aliphatic hydroxyl groups is 1. The standard InChI is InChI=1S/C13H18BrNO3S/c14-11-2-4-12(5-3-11)18-10-13(17)15-6-9-19-8-1-7-16/h2-5,16H,1,6-10H2,(H,15,17). The monoisotopic (exact) mass is 347 g/mol. The Morgan fingerprint density at radius 3 is 2.74 bits per heavy atom. The van der Waals surface area contributed by atoms with Gasteiger partial charge in [0.15, 0.2) is 6.61 Å². The fraction of sp³-hybridized carbons (Fsp3) is 0.462. The zero-order chi connectivity index (χ0) is 13.9. The molecule has 0 unspecified atom stereocenters. The summed E-state index contributed by atoms with van der Waals surface area (Å²) in [5.41, 5.74) is 0. The number of hydrogen-bond donors (Lipinski definition) is 2. The molecular formula is C13H18BrNO3S. The summed E-state index contributed by atoms with van der Waals surface area (Å²) >= 11 is 5.05. The molecule has 0 aliphatic carbocycles. The van der Waals surface area contributed by atoms with Crippen LogP contribution in [0.3, 0.4) is 0 Å². The summed E-state index contributed by atoms with van der Waals surface area (Å²) in [6.07, 6.45) is 0.797. The average molecular weight is 348 g/mol. The maximum Gasteiger partial charge on any atom is 0.257 e. The number of carbonyl (C=O) groups excluding carboxylic acids is 1. The van der Waals surface area contributed by atoms with Crippen molar-refractivity contribution in [2.75, 3.05) is 31.3 Å². The van der Waals surface area contributed by atoms with Gasteiger partial charge in [-0.05, 0) is 36.4 Å². The van der Waals surface area contributed by atoms with Gasteiger partial charge in [0.05, 0.1) is 0 Å². The van der Waals surface area contributed by atoms with E-state index >= 15 is 0 Å². The molecule has 0 fully saturated rings. The van der Waals surface area contributed by atoms with Crippen molar-refractivity contribution in [1.82, 2.24) is 5.32 Å². The Morgan fingerprint density at radius 2 is 2.05 bits per heavy atom. The van der Waals surface area contributed by atoms with Crippen molar-refractivity contribution in [2.45, 2.75) is 6.42 Å². The molecule has 1 aromatic carbocycles. The van der Waals surface area contributed by atoms with E-state index in [1.807, 2.05) is 24.3 Å². The van der Waals surface area contributed by atoms with E-state index in [0.29, 0.717) is 12.3 Å². The number of ether oxygens (including phenoxy) is 1. The van der Waals surface area contributed by atoms with Gasteiger partial charge in [-0.15, -0.1) is 0 Å². The Kier molecular flexibility index (Phi) is 8.69. The van der Waals surface area contributed by atoms with Crippen molar-refractivity contribution in [1.29, 1.82) is 0 Å². The molecule has 0 aromatic heterocycles. The maximum atomic E-state index is 11.5. The normalized spacial score (nSPS) is 10.2. The van der Waals surface area contributed by atoms with Crippen LogP contribution in [0.5, 0.6) is 5.75 Å². The molecule has 19 heavy (non-hydrogen) atoms. The first-order valence-corrected chi connectivity index (χ1v) is 8.01. The van der Waals surface area contributed by atoms with Crippen LogP contribution >= 0.6 is 27.7 Å². The maximum absolute atomic E-state index is 11.5. The summed E-state index contributed by atoms with van der Waals surface area (Å²) in [6.45, 7) is 0.877. The second-order valence-corrected chi connectivity index (χ2v) is 5.92. The lowest BCUT2D eigenvalue weighted by Crippen LogP contribution is -2.30. The van der Waals surface area contributed by atoms with Gasteiger partial charge in [0.2, 0.25) is 0 Å². The molecule has 1 amide bonds. The number of rotatable bonds is 9. The van der Waals surface area contributed by atoms with Gasteiger partial charge in [-0.1, -0.05) is 15.9 Å². The number of halogens is 1. The van der Waals surface area contributed by atoms with Gasteiger partial charge in [-0.2, -0.15) is 11.8 Å². The van der Waals surface area contributed by atoms with Crippen LogP contribution < -0.4 is 10.1 Å². The second kappa shape index (κ2) is 10.1. The quantitative estimate of drug-likeness (QED) is 0.671. The molecule has 0 aliphatic heterocycles. The summed E-state index contributed by atoms with van der Waals surface area (Å²) in [7, 11) is 0. The minimum Gasteiger partial charge on any atom is -0.484 e. The van der Waals surface area contributed by atoms with Crippen molar-refractivity contribution in [2.24, 2.45) is 0 Å². The zero-order valence-electron chi connectivity index (χ0n) is 10.6. The van der Waals surface area contributed by atoms with E-state index in [2.05, 4.69) is 21.2 Å². The molecule has 0 saturated heterocycles. The average Bonchev–Trinajstić information content (AvgIpc) is 2.42. The SMILES string of the molecule is O=C(COc1ccc(Br)cc1)NCCSCCCO. The van der Waals surface area contributed by atoms with Gasteiger partial charge in [-0.25, -0.2) is 0 Å². The number of aliphatic hydroxyl groups excluding tert-OH is 1. The topological polar surface area (TPSA) is 58.6 Å². The third kappa shape index (κ3) is 8.13. The summed E-state index contributed by atoms with van der Waals surface area (Å²) < 4.78 is 6.32. The number of amides is 1. The second-order valence-electron chi connectivity index (χ2n) is 3.78. The van der Waals surface area contributed by atoms with E-state index < -0.39 is 0 Å². The number of nitrogens with one attached hydrogen (secondary N) is 1. The smallest absolute Gasteiger partial charge is 0.257 e. The van der Waals surface area contributed by atoms with Crippen LogP contribution in [0, 0.1) is 0 Å². The minimum absolute atomic E-state index is 0.0307. The van der Waals surface area contributed by atoms with Crippen molar-refractivity contribution in [3.63, 3.8) is 0 Å². The fourth-order valence-corrected chi connectivity index (χ4v) is 2.31. The Balaban J connectivity index is 2.06. The van der Waals surface area contributed by atoms with Crippen LogP contribution in [0.25, 0.3) is 0 Å². The highest BCUT2D eigenvalue weighted by Crippen LogP contribution is 2.15. The van der Waals surface area contributed by atoms with Crippen molar-refractivity contribution in [3.05, 3.63) is 28.7 Å². The van der Waals surface area contributed by atoms with Crippen molar-refractivity contribution in [3.8, 4) is 5.75 Å². The number of benzene rings is 1. The molecule has 0 aliphatic rings. The highest BCUT2D eigenvalue weighted by Gasteiger charge is 2.02. The van der Waals surface area contributed by atoms with Gasteiger partial charge in [0.25, 0.3) is 5.91 Å². The molecule has 0 bridgehead atoms. The molecule has 0 saturated carbocycles. The first-order valence-electron chi connectivity index (χ1n) is 6.06. The predicted octanol–water partition coefficient (Wildman–Crippen LogP) is 2.06. The number of hydrogen-bond acceptors (Lipinski definition) is 4. The molecule has 0 radical (unpaired) electrons. The lowest BCUT2D eigenvalue weighted by Gasteiger charge is -2.07. The van der Waals surface area contributed by atoms with Gasteiger partial charge in [-0.3, -0.25) is 4.79 Å². The molecule has 0 atom stereocenters. The van der Waals surface area contributed by atoms with Crippen LogP contribution in [0.1, 0.15) is 6.42 Å². The summed E-state index contributed by atoms with van der Waals surface area (Å²) in [6, 6.07) is 7.35. The van der Waals surface area contributed by atoms with Gasteiger partial charge < -0.3 is 15.2 Å². The highest BCUT2D eigenvalue weighted by molar-refractivity contribution is 9.10. The van der Waals surface area contributed by atoms with Crippen LogP contribution in [0.2, 0.25) is 0 Å². The van der Waals surface area contributed by atoms with E-state index in [9.17, 15) is 4.79 Å². The Bertz CT molecular complexity index is 373. The van der Waals surface area contributed by atoms with E-state index in [4.69, 9.17) is 9.84 Å². The molecule has 2 N–H and O–H groups in total. The van der Waals surface area contributed by atoms with Crippen LogP contribution in [0.15, 0.2) is 28.7 Å². The largest absolute Gasteiger partial charge is 0.484 e. The Hall–Kier alpha value is -0.720. The first-order chi connectivity index (χ1) is 9.22. The fourth-order valence-electron chi connectivity index (χ4n) is 1.26. The predicted molar refractivity (Wildman–Crippen MR) is 81.7 cm³/mol. The third-order valence-electron chi connectivity index (χ3n) is 2.20. The zero-order valence-corrected chi connectivity index (χ0v) is 13.0. The molecule has 0 heterocycles. The molecule has 0 spiro atoms. The summed E-state index contributed by atoms with van der Waals surface area (Å²) in [5.74, 6) is 2.33. The Morgan fingerprint density at radius 1 is 1.32 bits per heavy atom. The van der Waals surface area contributed by atoms with Crippen molar-refractivity contribution >= 4 is 33.6 Å². The molecule has 4 nitrogen and oxygen atoms in total. The van der Waals surface area contributed by atoms with Gasteiger partial charge in [0.1, 0.15) is 5.75 Å².